The van der Waals surface area contributed by atoms with E-state index in [9.17, 15) is 4.79 Å². The number of carbonyl (C=O) groups excluding carboxylic acids is 1. The molecule has 1 atom stereocenters. The molecule has 94 valence electrons. The van der Waals surface area contributed by atoms with E-state index >= 15 is 0 Å². The Hall–Kier alpha value is -2.08. The number of hydrogen-bond acceptors (Lipinski definition) is 5. The van der Waals surface area contributed by atoms with Crippen LogP contribution in [0.3, 0.4) is 0 Å². The Morgan fingerprint density at radius 2 is 2.33 bits per heavy atom. The van der Waals surface area contributed by atoms with E-state index in [1.165, 1.54) is 0 Å². The predicted molar refractivity (Wildman–Crippen MR) is 64.3 cm³/mol. The average molecular weight is 247 g/mol. The van der Waals surface area contributed by atoms with Crippen molar-refractivity contribution in [2.24, 2.45) is 0 Å². The minimum atomic E-state index is -0.517. The van der Waals surface area contributed by atoms with Gasteiger partial charge < -0.3 is 14.5 Å². The summed E-state index contributed by atoms with van der Waals surface area (Å²) in [7, 11) is 1.60. The molecule has 1 aliphatic rings. The lowest BCUT2D eigenvalue weighted by Crippen LogP contribution is -2.47. The number of rotatable bonds is 2. The van der Waals surface area contributed by atoms with Crippen molar-refractivity contribution in [3.63, 3.8) is 0 Å². The maximum absolute atomic E-state index is 11.7. The SMILES string of the molecule is COc1ccc2oc(C3NCCNC3=O)nc2c1. The molecule has 0 aliphatic carbocycles. The van der Waals surface area contributed by atoms with Gasteiger partial charge in [-0.1, -0.05) is 0 Å². The fourth-order valence-electron chi connectivity index (χ4n) is 1.97. The molecule has 2 aromatic rings. The van der Waals surface area contributed by atoms with Gasteiger partial charge in [0.25, 0.3) is 0 Å². The van der Waals surface area contributed by atoms with E-state index in [0.29, 0.717) is 35.8 Å². The van der Waals surface area contributed by atoms with Crippen molar-refractivity contribution in [1.82, 2.24) is 15.6 Å². The van der Waals surface area contributed by atoms with Crippen molar-refractivity contribution >= 4 is 17.0 Å². The molecule has 0 spiro atoms. The highest BCUT2D eigenvalue weighted by atomic mass is 16.5. The summed E-state index contributed by atoms with van der Waals surface area (Å²) in [5, 5.41) is 5.85. The van der Waals surface area contributed by atoms with E-state index in [2.05, 4.69) is 15.6 Å². The molecule has 0 bridgehead atoms. The van der Waals surface area contributed by atoms with E-state index in [-0.39, 0.29) is 5.91 Å². The van der Waals surface area contributed by atoms with Crippen LogP contribution in [0.1, 0.15) is 11.9 Å². The number of hydrogen-bond donors (Lipinski definition) is 2. The molecule has 2 heterocycles. The zero-order chi connectivity index (χ0) is 12.5. The number of nitrogens with one attached hydrogen (secondary N) is 2. The number of aromatic nitrogens is 1. The summed E-state index contributed by atoms with van der Waals surface area (Å²) in [5.41, 5.74) is 1.33. The molecule has 1 aromatic heterocycles. The number of amides is 1. The standard InChI is InChI=1S/C12H13N3O3/c1-17-7-2-3-9-8(6-7)15-12(18-9)10-11(16)14-5-4-13-10/h2-3,6,10,13H,4-5H2,1H3,(H,14,16). The third-order valence-electron chi connectivity index (χ3n) is 2.89. The number of ether oxygens (including phenoxy) is 1. The molecular formula is C12H13N3O3. The fourth-order valence-corrected chi connectivity index (χ4v) is 1.97. The van der Waals surface area contributed by atoms with Gasteiger partial charge in [-0.25, -0.2) is 4.98 Å². The number of oxazole rings is 1. The smallest absolute Gasteiger partial charge is 0.246 e. The van der Waals surface area contributed by atoms with Gasteiger partial charge in [0.15, 0.2) is 11.6 Å². The monoisotopic (exact) mass is 247 g/mol. The summed E-state index contributed by atoms with van der Waals surface area (Å²) in [6.45, 7) is 1.34. The van der Waals surface area contributed by atoms with E-state index in [0.717, 1.165) is 0 Å². The van der Waals surface area contributed by atoms with E-state index < -0.39 is 6.04 Å². The second kappa shape index (κ2) is 4.30. The van der Waals surface area contributed by atoms with E-state index in [1.807, 2.05) is 0 Å². The first kappa shape index (κ1) is 11.0. The molecule has 18 heavy (non-hydrogen) atoms. The molecule has 1 aliphatic heterocycles. The molecule has 2 N–H and O–H groups in total. The van der Waals surface area contributed by atoms with Crippen LogP contribution in [0.5, 0.6) is 5.75 Å². The van der Waals surface area contributed by atoms with Crippen LogP contribution in [0.15, 0.2) is 22.6 Å². The number of carbonyl (C=O) groups is 1. The van der Waals surface area contributed by atoms with Crippen molar-refractivity contribution in [2.75, 3.05) is 20.2 Å². The molecule has 1 fully saturated rings. The first-order chi connectivity index (χ1) is 8.78. The highest BCUT2D eigenvalue weighted by Gasteiger charge is 2.28. The van der Waals surface area contributed by atoms with E-state index in [4.69, 9.17) is 9.15 Å². The zero-order valence-electron chi connectivity index (χ0n) is 9.90. The molecule has 1 aromatic carbocycles. The number of methoxy groups -OCH3 is 1. The largest absolute Gasteiger partial charge is 0.497 e. The topological polar surface area (TPSA) is 76.4 Å². The van der Waals surface area contributed by atoms with Gasteiger partial charge in [-0.05, 0) is 12.1 Å². The molecule has 1 saturated heterocycles. The van der Waals surface area contributed by atoms with Crippen LogP contribution in [-0.2, 0) is 4.79 Å². The Balaban J connectivity index is 1.99. The van der Waals surface area contributed by atoms with Gasteiger partial charge in [-0.3, -0.25) is 10.1 Å². The summed E-state index contributed by atoms with van der Waals surface area (Å²) >= 11 is 0. The first-order valence-corrected chi connectivity index (χ1v) is 5.73. The normalized spacial score (nSPS) is 19.8. The Morgan fingerprint density at radius 1 is 1.44 bits per heavy atom. The number of nitrogens with zero attached hydrogens (tertiary/aromatic N) is 1. The Kier molecular flexibility index (Phi) is 2.64. The summed E-state index contributed by atoms with van der Waals surface area (Å²) in [6, 6.07) is 4.84. The van der Waals surface area contributed by atoms with Gasteiger partial charge in [-0.2, -0.15) is 0 Å². The zero-order valence-corrected chi connectivity index (χ0v) is 9.90. The second-order valence-corrected chi connectivity index (χ2v) is 4.06. The lowest BCUT2D eigenvalue weighted by molar-refractivity contribution is -0.124. The van der Waals surface area contributed by atoms with Gasteiger partial charge in [0.1, 0.15) is 11.3 Å². The molecule has 0 saturated carbocycles. The summed E-state index contributed by atoms with van der Waals surface area (Å²) in [6.07, 6.45) is 0. The molecule has 1 unspecified atom stereocenters. The molecule has 6 nitrogen and oxygen atoms in total. The van der Waals surface area contributed by atoms with E-state index in [1.54, 1.807) is 25.3 Å². The molecule has 3 rings (SSSR count). The van der Waals surface area contributed by atoms with Gasteiger partial charge in [0.2, 0.25) is 11.8 Å². The van der Waals surface area contributed by atoms with Crippen LogP contribution in [0.25, 0.3) is 11.1 Å². The lowest BCUT2D eigenvalue weighted by atomic mass is 10.2. The number of benzene rings is 1. The van der Waals surface area contributed by atoms with Crippen molar-refractivity contribution < 1.29 is 13.9 Å². The summed E-state index contributed by atoms with van der Waals surface area (Å²) < 4.78 is 10.7. The van der Waals surface area contributed by atoms with Gasteiger partial charge in [0, 0.05) is 19.2 Å². The average Bonchev–Trinajstić information content (AvgIpc) is 2.81. The second-order valence-electron chi connectivity index (χ2n) is 4.06. The van der Waals surface area contributed by atoms with Crippen LogP contribution in [-0.4, -0.2) is 31.1 Å². The maximum Gasteiger partial charge on any atom is 0.246 e. The minimum absolute atomic E-state index is 0.111. The summed E-state index contributed by atoms with van der Waals surface area (Å²) in [4.78, 5) is 16.0. The van der Waals surface area contributed by atoms with Crippen molar-refractivity contribution in [3.05, 3.63) is 24.1 Å². The predicted octanol–water partition coefficient (Wildman–Crippen LogP) is 0.597. The highest BCUT2D eigenvalue weighted by molar-refractivity contribution is 5.84. The van der Waals surface area contributed by atoms with Crippen molar-refractivity contribution in [3.8, 4) is 5.75 Å². The van der Waals surface area contributed by atoms with Crippen LogP contribution in [0.2, 0.25) is 0 Å². The van der Waals surface area contributed by atoms with Gasteiger partial charge in [0.05, 0.1) is 7.11 Å². The first-order valence-electron chi connectivity index (χ1n) is 5.73. The van der Waals surface area contributed by atoms with Gasteiger partial charge >= 0.3 is 0 Å². The summed E-state index contributed by atoms with van der Waals surface area (Å²) in [5.74, 6) is 0.985. The molecule has 6 heteroatoms. The fraction of sp³-hybridized carbons (Fsp3) is 0.333. The van der Waals surface area contributed by atoms with Crippen molar-refractivity contribution in [1.29, 1.82) is 0 Å². The van der Waals surface area contributed by atoms with Crippen LogP contribution in [0.4, 0.5) is 0 Å². The molecule has 1 amide bonds. The molecular weight excluding hydrogens is 234 g/mol. The third kappa shape index (κ3) is 1.80. The van der Waals surface area contributed by atoms with Crippen LogP contribution < -0.4 is 15.4 Å². The lowest BCUT2D eigenvalue weighted by Gasteiger charge is -2.20. The third-order valence-corrected chi connectivity index (χ3v) is 2.89. The number of fused-ring (bicyclic) bond motifs is 1. The Morgan fingerprint density at radius 3 is 3.11 bits per heavy atom. The maximum atomic E-state index is 11.7. The minimum Gasteiger partial charge on any atom is -0.497 e. The van der Waals surface area contributed by atoms with Crippen LogP contribution >= 0.6 is 0 Å². The van der Waals surface area contributed by atoms with Crippen molar-refractivity contribution in [2.45, 2.75) is 6.04 Å². The highest BCUT2D eigenvalue weighted by Crippen LogP contribution is 2.24. The Labute approximate surface area is 103 Å². The number of piperazine rings is 1. The molecule has 0 radical (unpaired) electrons. The quantitative estimate of drug-likeness (QED) is 0.812. The van der Waals surface area contributed by atoms with Gasteiger partial charge in [-0.15, -0.1) is 0 Å². The van der Waals surface area contributed by atoms with Crippen LogP contribution in [0, 0.1) is 0 Å². The Bertz CT molecular complexity index is 593.